The summed E-state index contributed by atoms with van der Waals surface area (Å²) < 4.78 is 0. The fourth-order valence-electron chi connectivity index (χ4n) is 1.46. The molecule has 76 valence electrons. The highest BCUT2D eigenvalue weighted by Crippen LogP contribution is 2.03. The number of Topliss-reactive ketones (excluding diaryl/α,β-unsaturated/α-hetero) is 1. The van der Waals surface area contributed by atoms with E-state index in [0.29, 0.717) is 0 Å². The molecule has 0 aliphatic carbocycles. The molecule has 1 rings (SSSR count). The fraction of sp³-hybridized carbons (Fsp3) is 0.417. The summed E-state index contributed by atoms with van der Waals surface area (Å²) in [6.45, 7) is 4.48. The summed E-state index contributed by atoms with van der Waals surface area (Å²) in [6, 6.07) is 10.0. The van der Waals surface area contributed by atoms with E-state index in [2.05, 4.69) is 5.32 Å². The average Bonchev–Trinajstić information content (AvgIpc) is 2.18. The van der Waals surface area contributed by atoms with Crippen LogP contribution in [0.4, 0.5) is 0 Å². The number of hydrogen-bond acceptors (Lipinski definition) is 2. The number of benzene rings is 1. The van der Waals surface area contributed by atoms with Crippen LogP contribution < -0.4 is 5.32 Å². The predicted molar refractivity (Wildman–Crippen MR) is 58.3 cm³/mol. The van der Waals surface area contributed by atoms with E-state index < -0.39 is 0 Å². The van der Waals surface area contributed by atoms with Crippen molar-refractivity contribution in [3.63, 3.8) is 0 Å². The SMILES string of the molecule is CCN[C@H](Cc1ccccc1)C(C)=O. The quantitative estimate of drug-likeness (QED) is 0.769. The summed E-state index contributed by atoms with van der Waals surface area (Å²) in [6.07, 6.45) is 0.782. The lowest BCUT2D eigenvalue weighted by Gasteiger charge is -2.14. The zero-order chi connectivity index (χ0) is 10.4. The maximum absolute atomic E-state index is 11.3. The van der Waals surface area contributed by atoms with Gasteiger partial charge in [-0.2, -0.15) is 0 Å². The molecule has 0 radical (unpaired) electrons. The molecule has 2 nitrogen and oxygen atoms in total. The number of likely N-dealkylation sites (N-methyl/N-ethyl adjacent to an activating group) is 1. The molecule has 0 saturated heterocycles. The highest BCUT2D eigenvalue weighted by molar-refractivity contribution is 5.81. The average molecular weight is 191 g/mol. The van der Waals surface area contributed by atoms with Crippen LogP contribution in [-0.4, -0.2) is 18.4 Å². The van der Waals surface area contributed by atoms with E-state index in [0.717, 1.165) is 13.0 Å². The highest BCUT2D eigenvalue weighted by Gasteiger charge is 2.12. The van der Waals surface area contributed by atoms with Gasteiger partial charge < -0.3 is 5.32 Å². The third-order valence-electron chi connectivity index (χ3n) is 2.22. The molecular weight excluding hydrogens is 174 g/mol. The predicted octanol–water partition coefficient (Wildman–Crippen LogP) is 1.80. The van der Waals surface area contributed by atoms with Gasteiger partial charge in [-0.25, -0.2) is 0 Å². The van der Waals surface area contributed by atoms with Gasteiger partial charge in [0.1, 0.15) is 5.78 Å². The van der Waals surface area contributed by atoms with E-state index in [1.54, 1.807) is 6.92 Å². The van der Waals surface area contributed by atoms with Crippen LogP contribution in [0.15, 0.2) is 30.3 Å². The first kappa shape index (κ1) is 10.9. The van der Waals surface area contributed by atoms with Crippen molar-refractivity contribution in [2.45, 2.75) is 26.3 Å². The number of rotatable bonds is 5. The van der Waals surface area contributed by atoms with Gasteiger partial charge in [-0.05, 0) is 25.5 Å². The molecule has 0 aromatic heterocycles. The molecule has 1 atom stereocenters. The molecule has 0 aliphatic rings. The fourth-order valence-corrected chi connectivity index (χ4v) is 1.46. The van der Waals surface area contributed by atoms with Crippen LogP contribution in [0.1, 0.15) is 19.4 Å². The third kappa shape index (κ3) is 3.30. The molecule has 1 aromatic carbocycles. The van der Waals surface area contributed by atoms with E-state index in [1.807, 2.05) is 37.3 Å². The number of ketones is 1. The summed E-state index contributed by atoms with van der Waals surface area (Å²) in [4.78, 5) is 11.3. The van der Waals surface area contributed by atoms with Gasteiger partial charge in [0.15, 0.2) is 0 Å². The van der Waals surface area contributed by atoms with Crippen molar-refractivity contribution in [1.82, 2.24) is 5.32 Å². The molecule has 2 heteroatoms. The summed E-state index contributed by atoms with van der Waals surface area (Å²) in [5, 5.41) is 3.18. The van der Waals surface area contributed by atoms with Crippen molar-refractivity contribution in [1.29, 1.82) is 0 Å². The Bertz CT molecular complexity index is 282. The van der Waals surface area contributed by atoms with Gasteiger partial charge in [-0.1, -0.05) is 37.3 Å². The van der Waals surface area contributed by atoms with Crippen molar-refractivity contribution in [2.75, 3.05) is 6.54 Å². The molecule has 0 bridgehead atoms. The molecule has 14 heavy (non-hydrogen) atoms. The molecule has 0 saturated carbocycles. The Labute approximate surface area is 85.3 Å². The molecule has 0 aliphatic heterocycles. The van der Waals surface area contributed by atoms with Gasteiger partial charge in [-0.15, -0.1) is 0 Å². The van der Waals surface area contributed by atoms with Crippen LogP contribution in [0.3, 0.4) is 0 Å². The Kier molecular flexibility index (Phi) is 4.33. The van der Waals surface area contributed by atoms with E-state index in [1.165, 1.54) is 5.56 Å². The Morgan fingerprint density at radius 1 is 1.36 bits per heavy atom. The van der Waals surface area contributed by atoms with Crippen LogP contribution in [0, 0.1) is 0 Å². The van der Waals surface area contributed by atoms with Gasteiger partial charge in [0, 0.05) is 0 Å². The first-order chi connectivity index (χ1) is 6.74. The first-order valence-corrected chi connectivity index (χ1v) is 5.01. The third-order valence-corrected chi connectivity index (χ3v) is 2.22. The Hall–Kier alpha value is -1.15. The van der Waals surface area contributed by atoms with Crippen LogP contribution in [0.2, 0.25) is 0 Å². The van der Waals surface area contributed by atoms with E-state index in [4.69, 9.17) is 0 Å². The van der Waals surface area contributed by atoms with Gasteiger partial charge in [-0.3, -0.25) is 4.79 Å². The Morgan fingerprint density at radius 3 is 2.50 bits per heavy atom. The van der Waals surface area contributed by atoms with Crippen LogP contribution in [-0.2, 0) is 11.2 Å². The van der Waals surface area contributed by atoms with Crippen molar-refractivity contribution >= 4 is 5.78 Å². The van der Waals surface area contributed by atoms with Crippen molar-refractivity contribution in [3.05, 3.63) is 35.9 Å². The topological polar surface area (TPSA) is 29.1 Å². The first-order valence-electron chi connectivity index (χ1n) is 5.01. The molecule has 0 unspecified atom stereocenters. The molecule has 0 heterocycles. The second-order valence-corrected chi connectivity index (χ2v) is 3.41. The largest absolute Gasteiger partial charge is 0.307 e. The van der Waals surface area contributed by atoms with Gasteiger partial charge in [0.25, 0.3) is 0 Å². The molecule has 0 spiro atoms. The zero-order valence-electron chi connectivity index (χ0n) is 8.79. The minimum absolute atomic E-state index is 0.0394. The standard InChI is InChI=1S/C12H17NO/c1-3-13-12(10(2)14)9-11-7-5-4-6-8-11/h4-8,12-13H,3,9H2,1-2H3/t12-/m1/s1. The number of nitrogens with one attached hydrogen (secondary N) is 1. The van der Waals surface area contributed by atoms with E-state index in [9.17, 15) is 4.79 Å². The lowest BCUT2D eigenvalue weighted by Crippen LogP contribution is -2.36. The normalized spacial score (nSPS) is 12.4. The van der Waals surface area contributed by atoms with Gasteiger partial charge in [0.05, 0.1) is 6.04 Å². The molecule has 1 N–H and O–H groups in total. The van der Waals surface area contributed by atoms with Crippen LogP contribution >= 0.6 is 0 Å². The summed E-state index contributed by atoms with van der Waals surface area (Å²) >= 11 is 0. The van der Waals surface area contributed by atoms with Crippen LogP contribution in [0.5, 0.6) is 0 Å². The van der Waals surface area contributed by atoms with Gasteiger partial charge >= 0.3 is 0 Å². The highest BCUT2D eigenvalue weighted by atomic mass is 16.1. The van der Waals surface area contributed by atoms with E-state index in [-0.39, 0.29) is 11.8 Å². The number of carbonyl (C=O) groups excluding carboxylic acids is 1. The van der Waals surface area contributed by atoms with Crippen molar-refractivity contribution in [2.24, 2.45) is 0 Å². The smallest absolute Gasteiger partial charge is 0.147 e. The lowest BCUT2D eigenvalue weighted by molar-refractivity contribution is -0.118. The number of carbonyl (C=O) groups is 1. The molecule has 0 fully saturated rings. The molecular formula is C12H17NO. The summed E-state index contributed by atoms with van der Waals surface area (Å²) in [7, 11) is 0. The second kappa shape index (κ2) is 5.55. The monoisotopic (exact) mass is 191 g/mol. The van der Waals surface area contributed by atoms with Crippen LogP contribution in [0.25, 0.3) is 0 Å². The maximum Gasteiger partial charge on any atom is 0.147 e. The minimum Gasteiger partial charge on any atom is -0.307 e. The maximum atomic E-state index is 11.3. The summed E-state index contributed by atoms with van der Waals surface area (Å²) in [5.74, 6) is 0.204. The van der Waals surface area contributed by atoms with Crippen molar-refractivity contribution < 1.29 is 4.79 Å². The molecule has 0 amide bonds. The van der Waals surface area contributed by atoms with Crippen molar-refractivity contribution in [3.8, 4) is 0 Å². The second-order valence-electron chi connectivity index (χ2n) is 3.41. The van der Waals surface area contributed by atoms with Gasteiger partial charge in [0.2, 0.25) is 0 Å². The Morgan fingerprint density at radius 2 is 2.00 bits per heavy atom. The minimum atomic E-state index is -0.0394. The lowest BCUT2D eigenvalue weighted by atomic mass is 10.0. The summed E-state index contributed by atoms with van der Waals surface area (Å²) in [5.41, 5.74) is 1.20. The molecule has 1 aromatic rings. The zero-order valence-corrected chi connectivity index (χ0v) is 8.79. The number of hydrogen-bond donors (Lipinski definition) is 1. The van der Waals surface area contributed by atoms with E-state index >= 15 is 0 Å². The Balaban J connectivity index is 2.60.